The van der Waals surface area contributed by atoms with E-state index in [4.69, 9.17) is 4.74 Å². The van der Waals surface area contributed by atoms with Crippen LogP contribution in [0.4, 0.5) is 11.4 Å². The molecule has 0 heterocycles. The molecule has 1 N–H and O–H groups in total. The summed E-state index contributed by atoms with van der Waals surface area (Å²) in [6.45, 7) is 6.45. The SMILES string of the molecule is COc1ccc(NC(C)CCC(C)C)cc1[N+](=O)[O-]. The van der Waals surface area contributed by atoms with Gasteiger partial charge in [0, 0.05) is 17.8 Å². The first kappa shape index (κ1) is 15.3. The molecule has 0 aliphatic heterocycles. The van der Waals surface area contributed by atoms with Gasteiger partial charge in [0.15, 0.2) is 5.75 Å². The second kappa shape index (κ2) is 6.97. The zero-order valence-corrected chi connectivity index (χ0v) is 12.0. The van der Waals surface area contributed by atoms with Crippen LogP contribution in [0.15, 0.2) is 18.2 Å². The fourth-order valence-corrected chi connectivity index (χ4v) is 1.86. The summed E-state index contributed by atoms with van der Waals surface area (Å²) in [6, 6.07) is 5.23. The first-order valence-electron chi connectivity index (χ1n) is 6.53. The Morgan fingerprint density at radius 2 is 2.00 bits per heavy atom. The molecule has 1 atom stereocenters. The molecule has 1 rings (SSSR count). The van der Waals surface area contributed by atoms with Crippen molar-refractivity contribution >= 4 is 11.4 Å². The Morgan fingerprint density at radius 1 is 1.32 bits per heavy atom. The molecule has 0 bridgehead atoms. The molecule has 5 heteroatoms. The smallest absolute Gasteiger partial charge is 0.312 e. The van der Waals surface area contributed by atoms with Gasteiger partial charge in [-0.2, -0.15) is 0 Å². The van der Waals surface area contributed by atoms with Crippen molar-refractivity contribution < 1.29 is 9.66 Å². The van der Waals surface area contributed by atoms with E-state index in [1.54, 1.807) is 12.1 Å². The third-order valence-electron chi connectivity index (χ3n) is 2.97. The Bertz CT molecular complexity index is 433. The molecule has 0 aromatic heterocycles. The highest BCUT2D eigenvalue weighted by Gasteiger charge is 2.15. The summed E-state index contributed by atoms with van der Waals surface area (Å²) in [6.07, 6.45) is 2.17. The van der Waals surface area contributed by atoms with Gasteiger partial charge in [-0.05, 0) is 37.8 Å². The van der Waals surface area contributed by atoms with E-state index >= 15 is 0 Å². The fraction of sp³-hybridized carbons (Fsp3) is 0.571. The monoisotopic (exact) mass is 266 g/mol. The van der Waals surface area contributed by atoms with Crippen LogP contribution in [0, 0.1) is 16.0 Å². The average Bonchev–Trinajstić information content (AvgIpc) is 2.36. The summed E-state index contributed by atoms with van der Waals surface area (Å²) < 4.78 is 4.98. The minimum Gasteiger partial charge on any atom is -0.490 e. The van der Waals surface area contributed by atoms with Crippen LogP contribution in [0.1, 0.15) is 33.6 Å². The number of hydrogen-bond acceptors (Lipinski definition) is 4. The number of nitro groups is 1. The molecule has 106 valence electrons. The lowest BCUT2D eigenvalue weighted by atomic mass is 10.0. The summed E-state index contributed by atoms with van der Waals surface area (Å²) >= 11 is 0. The van der Waals surface area contributed by atoms with E-state index in [9.17, 15) is 10.1 Å². The lowest BCUT2D eigenvalue weighted by Gasteiger charge is -2.16. The van der Waals surface area contributed by atoms with Gasteiger partial charge < -0.3 is 10.1 Å². The molecule has 1 aromatic rings. The topological polar surface area (TPSA) is 64.4 Å². The van der Waals surface area contributed by atoms with Gasteiger partial charge in [-0.1, -0.05) is 13.8 Å². The Hall–Kier alpha value is -1.78. The number of methoxy groups -OCH3 is 1. The highest BCUT2D eigenvalue weighted by molar-refractivity contribution is 5.58. The summed E-state index contributed by atoms with van der Waals surface area (Å²) in [5.74, 6) is 0.944. The van der Waals surface area contributed by atoms with Gasteiger partial charge in [0.25, 0.3) is 0 Å². The van der Waals surface area contributed by atoms with Crippen LogP contribution >= 0.6 is 0 Å². The molecule has 0 saturated heterocycles. The molecule has 0 fully saturated rings. The predicted octanol–water partition coefficient (Wildman–Crippen LogP) is 3.84. The molecule has 19 heavy (non-hydrogen) atoms. The Kier molecular flexibility index (Phi) is 5.60. The molecule has 0 aliphatic carbocycles. The van der Waals surface area contributed by atoms with Crippen LogP contribution in [0.3, 0.4) is 0 Å². The second-order valence-corrected chi connectivity index (χ2v) is 5.16. The lowest BCUT2D eigenvalue weighted by molar-refractivity contribution is -0.385. The largest absolute Gasteiger partial charge is 0.490 e. The first-order valence-corrected chi connectivity index (χ1v) is 6.53. The van der Waals surface area contributed by atoms with Gasteiger partial charge in [0.05, 0.1) is 12.0 Å². The molecule has 0 saturated carbocycles. The molecule has 1 aromatic carbocycles. The van der Waals surface area contributed by atoms with E-state index in [0.717, 1.165) is 18.5 Å². The minimum atomic E-state index is -0.428. The number of hydrogen-bond donors (Lipinski definition) is 1. The summed E-state index contributed by atoms with van der Waals surface area (Å²) in [5.41, 5.74) is 0.743. The number of nitrogens with zero attached hydrogens (tertiary/aromatic N) is 1. The van der Waals surface area contributed by atoms with E-state index in [2.05, 4.69) is 26.1 Å². The van der Waals surface area contributed by atoms with E-state index in [1.165, 1.54) is 13.2 Å². The van der Waals surface area contributed by atoms with E-state index in [0.29, 0.717) is 5.92 Å². The van der Waals surface area contributed by atoms with Crippen molar-refractivity contribution in [2.45, 2.75) is 39.7 Å². The van der Waals surface area contributed by atoms with Crippen LogP contribution in [0.5, 0.6) is 5.75 Å². The van der Waals surface area contributed by atoms with Crippen molar-refractivity contribution in [2.24, 2.45) is 5.92 Å². The highest BCUT2D eigenvalue weighted by Crippen LogP contribution is 2.30. The number of ether oxygens (including phenoxy) is 1. The normalized spacial score (nSPS) is 12.3. The number of nitro benzene ring substituents is 1. The zero-order chi connectivity index (χ0) is 14.4. The third kappa shape index (κ3) is 4.77. The minimum absolute atomic E-state index is 0.0106. The van der Waals surface area contributed by atoms with Gasteiger partial charge >= 0.3 is 5.69 Å². The molecule has 0 amide bonds. The Morgan fingerprint density at radius 3 is 2.53 bits per heavy atom. The summed E-state index contributed by atoms with van der Waals surface area (Å²) in [5, 5.41) is 14.2. The van der Waals surface area contributed by atoms with Gasteiger partial charge in [-0.3, -0.25) is 10.1 Å². The van der Waals surface area contributed by atoms with Gasteiger partial charge in [0.1, 0.15) is 0 Å². The van der Waals surface area contributed by atoms with Crippen molar-refractivity contribution in [3.05, 3.63) is 28.3 Å². The Balaban J connectivity index is 2.74. The standard InChI is InChI=1S/C14H22N2O3/c1-10(2)5-6-11(3)15-12-7-8-14(19-4)13(9-12)16(17)18/h7-11,15H,5-6H2,1-4H3. The quantitative estimate of drug-likeness (QED) is 0.601. The molecular weight excluding hydrogens is 244 g/mol. The van der Waals surface area contributed by atoms with Crippen molar-refractivity contribution in [2.75, 3.05) is 12.4 Å². The van der Waals surface area contributed by atoms with Crippen LogP contribution in [0.2, 0.25) is 0 Å². The molecule has 1 unspecified atom stereocenters. The summed E-state index contributed by atoms with van der Waals surface area (Å²) in [7, 11) is 1.43. The second-order valence-electron chi connectivity index (χ2n) is 5.16. The van der Waals surface area contributed by atoms with Crippen LogP contribution < -0.4 is 10.1 Å². The van der Waals surface area contributed by atoms with Crippen LogP contribution in [-0.4, -0.2) is 18.1 Å². The van der Waals surface area contributed by atoms with Gasteiger partial charge in [0.2, 0.25) is 0 Å². The van der Waals surface area contributed by atoms with E-state index < -0.39 is 4.92 Å². The van der Waals surface area contributed by atoms with Crippen LogP contribution in [0.25, 0.3) is 0 Å². The molecule has 5 nitrogen and oxygen atoms in total. The zero-order valence-electron chi connectivity index (χ0n) is 12.0. The van der Waals surface area contributed by atoms with E-state index in [1.807, 2.05) is 0 Å². The van der Waals surface area contributed by atoms with Crippen molar-refractivity contribution in [3.8, 4) is 5.75 Å². The highest BCUT2D eigenvalue weighted by atomic mass is 16.6. The third-order valence-corrected chi connectivity index (χ3v) is 2.97. The van der Waals surface area contributed by atoms with Gasteiger partial charge in [-0.15, -0.1) is 0 Å². The Labute approximate surface area is 114 Å². The first-order chi connectivity index (χ1) is 8.93. The number of anilines is 1. The molecular formula is C14H22N2O3. The van der Waals surface area contributed by atoms with Gasteiger partial charge in [-0.25, -0.2) is 0 Å². The fourth-order valence-electron chi connectivity index (χ4n) is 1.86. The maximum atomic E-state index is 10.9. The lowest BCUT2D eigenvalue weighted by Crippen LogP contribution is -2.15. The maximum Gasteiger partial charge on any atom is 0.312 e. The number of benzene rings is 1. The van der Waals surface area contributed by atoms with E-state index in [-0.39, 0.29) is 17.5 Å². The number of rotatable bonds is 7. The van der Waals surface area contributed by atoms with Crippen molar-refractivity contribution in [1.29, 1.82) is 0 Å². The van der Waals surface area contributed by atoms with Crippen molar-refractivity contribution in [1.82, 2.24) is 0 Å². The maximum absolute atomic E-state index is 10.9. The van der Waals surface area contributed by atoms with Crippen molar-refractivity contribution in [3.63, 3.8) is 0 Å². The van der Waals surface area contributed by atoms with Crippen LogP contribution in [-0.2, 0) is 0 Å². The average molecular weight is 266 g/mol. The predicted molar refractivity (Wildman–Crippen MR) is 76.8 cm³/mol. The molecule has 0 aliphatic rings. The summed E-state index contributed by atoms with van der Waals surface area (Å²) in [4.78, 5) is 10.5. The molecule has 0 radical (unpaired) electrons. The number of nitrogens with one attached hydrogen (secondary N) is 1. The molecule has 0 spiro atoms.